The molecule has 37 heavy (non-hydrogen) atoms. The summed E-state index contributed by atoms with van der Waals surface area (Å²) >= 11 is 0. The first-order chi connectivity index (χ1) is 17.7. The van der Waals surface area contributed by atoms with Crippen molar-refractivity contribution >= 4 is 20.0 Å². The van der Waals surface area contributed by atoms with Crippen molar-refractivity contribution in [2.45, 2.75) is 43.9 Å². The molecule has 0 saturated carbocycles. The first-order valence-electron chi connectivity index (χ1n) is 12.5. The highest BCUT2D eigenvalue weighted by Gasteiger charge is 2.35. The van der Waals surface area contributed by atoms with Gasteiger partial charge in [0.05, 0.1) is 26.4 Å². The van der Waals surface area contributed by atoms with Gasteiger partial charge >= 0.3 is 0 Å². The Morgan fingerprint density at radius 1 is 0.595 bits per heavy atom. The van der Waals surface area contributed by atoms with Crippen LogP contribution in [0.25, 0.3) is 0 Å². The Balaban J connectivity index is 1.90. The molecule has 2 aromatic carbocycles. The quantitative estimate of drug-likeness (QED) is 0.391. The zero-order valence-electron chi connectivity index (χ0n) is 21.8. The summed E-state index contributed by atoms with van der Waals surface area (Å²) in [5.41, 5.74) is 0. The highest BCUT2D eigenvalue weighted by Crippen LogP contribution is 2.34. The van der Waals surface area contributed by atoms with Gasteiger partial charge in [0.15, 0.2) is 0 Å². The van der Waals surface area contributed by atoms with E-state index in [0.29, 0.717) is 44.3 Å². The summed E-state index contributed by atoms with van der Waals surface area (Å²) in [5.74, 6) is 1.30. The molecule has 0 spiro atoms. The third-order valence-electron chi connectivity index (χ3n) is 5.70. The molecule has 0 bridgehead atoms. The lowest BCUT2D eigenvalue weighted by molar-refractivity contribution is 0.319. The molecule has 0 atom stereocenters. The second-order valence-electron chi connectivity index (χ2n) is 8.11. The van der Waals surface area contributed by atoms with Gasteiger partial charge in [-0.2, -0.15) is 8.61 Å². The fourth-order valence-corrected chi connectivity index (χ4v) is 7.30. The molecule has 1 aliphatic heterocycles. The summed E-state index contributed by atoms with van der Waals surface area (Å²) in [6, 6.07) is 9.40. The molecule has 0 unspecified atom stereocenters. The predicted molar refractivity (Wildman–Crippen MR) is 140 cm³/mol. The maximum Gasteiger partial charge on any atom is 0.246 e. The Kier molecular flexibility index (Phi) is 10.0. The van der Waals surface area contributed by atoms with E-state index in [-0.39, 0.29) is 47.5 Å². The molecule has 206 valence electrons. The third kappa shape index (κ3) is 6.67. The van der Waals surface area contributed by atoms with Crippen LogP contribution in [0.2, 0.25) is 0 Å². The van der Waals surface area contributed by atoms with Crippen molar-refractivity contribution in [1.29, 1.82) is 0 Å². The molecule has 1 saturated heterocycles. The fraction of sp³-hybridized carbons (Fsp3) is 0.520. The molecule has 0 amide bonds. The average Bonchev–Trinajstić information content (AvgIpc) is 3.14. The van der Waals surface area contributed by atoms with Crippen LogP contribution in [-0.4, -0.2) is 78.1 Å². The van der Waals surface area contributed by atoms with Crippen LogP contribution in [-0.2, 0) is 20.0 Å². The molecule has 0 aliphatic carbocycles. The number of sulfonamides is 2. The Labute approximate surface area is 220 Å². The van der Waals surface area contributed by atoms with Crippen LogP contribution in [0.4, 0.5) is 0 Å². The lowest BCUT2D eigenvalue weighted by Crippen LogP contribution is -2.37. The summed E-state index contributed by atoms with van der Waals surface area (Å²) in [6.07, 6.45) is 0.322. The molecule has 2 aromatic rings. The van der Waals surface area contributed by atoms with Crippen molar-refractivity contribution in [3.63, 3.8) is 0 Å². The van der Waals surface area contributed by atoms with E-state index in [1.807, 2.05) is 13.8 Å². The zero-order valence-corrected chi connectivity index (χ0v) is 23.4. The van der Waals surface area contributed by atoms with Gasteiger partial charge in [-0.15, -0.1) is 0 Å². The van der Waals surface area contributed by atoms with Crippen molar-refractivity contribution in [1.82, 2.24) is 8.61 Å². The van der Waals surface area contributed by atoms with Crippen LogP contribution >= 0.6 is 0 Å². The van der Waals surface area contributed by atoms with E-state index in [2.05, 4.69) is 0 Å². The van der Waals surface area contributed by atoms with E-state index in [1.165, 1.54) is 20.7 Å². The maximum atomic E-state index is 13.7. The molecule has 3 rings (SSSR count). The SMILES string of the molecule is CCOc1ccc(OCC)c(S(=O)(=O)N2CCCN(S(=O)(=O)c3cc(OCC)ccc3OCC)CC2)c1. The van der Waals surface area contributed by atoms with Crippen LogP contribution in [0.15, 0.2) is 46.2 Å². The number of ether oxygens (including phenoxy) is 4. The topological polar surface area (TPSA) is 112 Å². The molecule has 0 radical (unpaired) electrons. The van der Waals surface area contributed by atoms with Crippen molar-refractivity contribution in [2.75, 3.05) is 52.6 Å². The number of rotatable bonds is 12. The Bertz CT molecular complexity index is 1170. The second-order valence-corrected chi connectivity index (χ2v) is 11.9. The van der Waals surface area contributed by atoms with Gasteiger partial charge in [-0.3, -0.25) is 0 Å². The summed E-state index contributed by atoms with van der Waals surface area (Å²) < 4.78 is 79.4. The highest BCUT2D eigenvalue weighted by atomic mass is 32.2. The Morgan fingerprint density at radius 2 is 0.973 bits per heavy atom. The van der Waals surface area contributed by atoms with Gasteiger partial charge < -0.3 is 18.9 Å². The Hall–Kier alpha value is -2.54. The van der Waals surface area contributed by atoms with Crippen LogP contribution < -0.4 is 18.9 Å². The predicted octanol–water partition coefficient (Wildman–Crippen LogP) is 3.37. The van der Waals surface area contributed by atoms with E-state index < -0.39 is 20.0 Å². The van der Waals surface area contributed by atoms with Gasteiger partial charge in [-0.05, 0) is 58.4 Å². The molecule has 10 nitrogen and oxygen atoms in total. The largest absolute Gasteiger partial charge is 0.494 e. The minimum atomic E-state index is -3.98. The minimum Gasteiger partial charge on any atom is -0.494 e. The fourth-order valence-electron chi connectivity index (χ4n) is 4.07. The number of hydrogen-bond acceptors (Lipinski definition) is 8. The number of benzene rings is 2. The van der Waals surface area contributed by atoms with Gasteiger partial charge in [0.1, 0.15) is 32.8 Å². The summed E-state index contributed by atoms with van der Waals surface area (Å²) in [4.78, 5) is -0.000639. The van der Waals surface area contributed by atoms with Crippen molar-refractivity contribution in [3.05, 3.63) is 36.4 Å². The van der Waals surface area contributed by atoms with Crippen LogP contribution in [0, 0.1) is 0 Å². The van der Waals surface area contributed by atoms with E-state index >= 15 is 0 Å². The van der Waals surface area contributed by atoms with E-state index in [4.69, 9.17) is 18.9 Å². The minimum absolute atomic E-state index is 0.000320. The maximum absolute atomic E-state index is 13.7. The third-order valence-corrected chi connectivity index (χ3v) is 9.54. The highest BCUT2D eigenvalue weighted by molar-refractivity contribution is 7.89. The monoisotopic (exact) mass is 556 g/mol. The van der Waals surface area contributed by atoms with Crippen molar-refractivity contribution in [2.24, 2.45) is 0 Å². The molecular weight excluding hydrogens is 520 g/mol. The first kappa shape index (κ1) is 29.0. The van der Waals surface area contributed by atoms with Gasteiger partial charge in [-0.25, -0.2) is 16.8 Å². The molecule has 1 aliphatic rings. The van der Waals surface area contributed by atoms with Gasteiger partial charge in [-0.1, -0.05) is 0 Å². The van der Waals surface area contributed by atoms with E-state index in [1.54, 1.807) is 38.1 Å². The molecule has 12 heteroatoms. The lowest BCUT2D eigenvalue weighted by atomic mass is 10.3. The van der Waals surface area contributed by atoms with Gasteiger partial charge in [0, 0.05) is 38.3 Å². The van der Waals surface area contributed by atoms with E-state index in [9.17, 15) is 16.8 Å². The second kappa shape index (κ2) is 12.8. The summed E-state index contributed by atoms with van der Waals surface area (Å²) in [7, 11) is -7.96. The smallest absolute Gasteiger partial charge is 0.246 e. The van der Waals surface area contributed by atoms with E-state index in [0.717, 1.165) is 0 Å². The van der Waals surface area contributed by atoms with Crippen LogP contribution in [0.1, 0.15) is 34.1 Å². The molecule has 0 N–H and O–H groups in total. The first-order valence-corrected chi connectivity index (χ1v) is 15.4. The van der Waals surface area contributed by atoms with Crippen molar-refractivity contribution < 1.29 is 35.8 Å². The van der Waals surface area contributed by atoms with Crippen LogP contribution in [0.3, 0.4) is 0 Å². The molecule has 1 heterocycles. The standard InChI is InChI=1S/C25H36N2O8S2/c1-5-32-20-10-12-22(34-7-3)24(18-20)36(28,29)26-14-9-15-27(17-16-26)37(30,31)25-19-21(33-6-2)11-13-23(25)35-8-4/h10-13,18-19H,5-9,14-17H2,1-4H3. The van der Waals surface area contributed by atoms with Crippen molar-refractivity contribution in [3.8, 4) is 23.0 Å². The normalized spacial score (nSPS) is 15.7. The number of hydrogen-bond donors (Lipinski definition) is 0. The lowest BCUT2D eigenvalue weighted by Gasteiger charge is -2.23. The summed E-state index contributed by atoms with van der Waals surface area (Å²) in [6.45, 7) is 8.85. The Morgan fingerprint density at radius 3 is 1.32 bits per heavy atom. The molecule has 0 aromatic heterocycles. The molecular formula is C25H36N2O8S2. The van der Waals surface area contributed by atoms with Gasteiger partial charge in [0.25, 0.3) is 0 Å². The molecule has 1 fully saturated rings. The van der Waals surface area contributed by atoms with Crippen LogP contribution in [0.5, 0.6) is 23.0 Å². The average molecular weight is 557 g/mol. The van der Waals surface area contributed by atoms with Gasteiger partial charge in [0.2, 0.25) is 20.0 Å². The summed E-state index contributed by atoms with van der Waals surface area (Å²) in [5, 5.41) is 0. The zero-order chi connectivity index (χ0) is 27.1. The number of nitrogens with zero attached hydrogens (tertiary/aromatic N) is 2.